The summed E-state index contributed by atoms with van der Waals surface area (Å²) in [6.07, 6.45) is -1.08. The third-order valence-electron chi connectivity index (χ3n) is 4.06. The van der Waals surface area contributed by atoms with Gasteiger partial charge in [-0.1, -0.05) is 0 Å². The van der Waals surface area contributed by atoms with Gasteiger partial charge in [0, 0.05) is 0 Å². The molecule has 1 saturated carbocycles. The summed E-state index contributed by atoms with van der Waals surface area (Å²) in [5, 5.41) is 7.25. The van der Waals surface area contributed by atoms with Crippen LogP contribution < -0.4 is 15.8 Å². The van der Waals surface area contributed by atoms with E-state index >= 15 is 0 Å². The van der Waals surface area contributed by atoms with Crippen molar-refractivity contribution in [3.63, 3.8) is 0 Å². The monoisotopic (exact) mass is 432 g/mol. The predicted molar refractivity (Wildman–Crippen MR) is 87.7 cm³/mol. The van der Waals surface area contributed by atoms with E-state index in [1.807, 2.05) is 0 Å². The van der Waals surface area contributed by atoms with Crippen LogP contribution in [0, 0.1) is 0 Å². The van der Waals surface area contributed by atoms with Gasteiger partial charge in [0.15, 0.2) is 0 Å². The molecule has 1 aliphatic rings. The van der Waals surface area contributed by atoms with Crippen LogP contribution in [-0.4, -0.2) is 53.6 Å². The Morgan fingerprint density at radius 2 is 2.12 bits per heavy atom. The molecule has 1 amide bonds. The van der Waals surface area contributed by atoms with Crippen molar-refractivity contribution >= 4 is 37.4 Å². The maximum absolute atomic E-state index is 12.3. The van der Waals surface area contributed by atoms with Gasteiger partial charge in [0.05, 0.1) is 0 Å². The summed E-state index contributed by atoms with van der Waals surface area (Å²) in [7, 11) is 0. The van der Waals surface area contributed by atoms with Gasteiger partial charge in [-0.3, -0.25) is 0 Å². The van der Waals surface area contributed by atoms with Crippen LogP contribution in [0.3, 0.4) is 0 Å². The molecule has 3 rings (SSSR count). The number of halogens is 3. The Morgan fingerprint density at radius 3 is 2.73 bits per heavy atom. The zero-order valence-electron chi connectivity index (χ0n) is 13.5. The SMILES string of the molecule is NC1(C(=O)NCC(=O)[AsH]n2cc3ccc(OC(F)(F)F)cc3n2)CCC1. The fourth-order valence-corrected chi connectivity index (χ4v) is 4.18. The van der Waals surface area contributed by atoms with Crippen molar-refractivity contribution in [2.24, 2.45) is 5.73 Å². The number of nitrogens with one attached hydrogen (secondary N) is 1. The van der Waals surface area contributed by atoms with E-state index in [0.717, 1.165) is 12.5 Å². The Morgan fingerprint density at radius 1 is 1.38 bits per heavy atom. The minimum atomic E-state index is -4.78. The molecule has 0 bridgehead atoms. The molecule has 3 N–H and O–H groups in total. The van der Waals surface area contributed by atoms with Gasteiger partial charge in [-0.2, -0.15) is 0 Å². The number of benzene rings is 1. The van der Waals surface area contributed by atoms with Crippen molar-refractivity contribution in [3.05, 3.63) is 24.4 Å². The molecule has 26 heavy (non-hydrogen) atoms. The molecule has 11 heteroatoms. The molecule has 1 aromatic carbocycles. The van der Waals surface area contributed by atoms with E-state index in [0.29, 0.717) is 23.7 Å². The Labute approximate surface area is 152 Å². The second-order valence-electron chi connectivity index (χ2n) is 6.07. The van der Waals surface area contributed by atoms with E-state index in [1.165, 1.54) is 15.7 Å². The molecule has 1 atom stereocenters. The molecule has 0 saturated heterocycles. The van der Waals surface area contributed by atoms with E-state index in [1.54, 1.807) is 6.20 Å². The van der Waals surface area contributed by atoms with Crippen LogP contribution in [0.15, 0.2) is 24.4 Å². The molecule has 2 aromatic rings. The number of nitrogens with two attached hydrogens (primary N) is 1. The second kappa shape index (κ2) is 6.92. The molecule has 0 aliphatic heterocycles. The van der Waals surface area contributed by atoms with Crippen LogP contribution in [0.2, 0.25) is 0 Å². The van der Waals surface area contributed by atoms with Gasteiger partial charge >= 0.3 is 152 Å². The molecule has 1 unspecified atom stereocenters. The van der Waals surface area contributed by atoms with Crippen LogP contribution >= 0.6 is 0 Å². The number of hydrogen-bond donors (Lipinski definition) is 2. The fraction of sp³-hybridized carbons (Fsp3) is 0.400. The Bertz CT molecular complexity index is 848. The number of carbonyl (C=O) groups is 2. The summed E-state index contributed by atoms with van der Waals surface area (Å²) in [6, 6.07) is 3.78. The first-order valence-electron chi connectivity index (χ1n) is 7.77. The summed E-state index contributed by atoms with van der Waals surface area (Å²) < 4.78 is 41.9. The fourth-order valence-electron chi connectivity index (χ4n) is 2.54. The summed E-state index contributed by atoms with van der Waals surface area (Å²) in [5.41, 5.74) is 5.30. The van der Waals surface area contributed by atoms with Gasteiger partial charge in [0.2, 0.25) is 0 Å². The summed E-state index contributed by atoms with van der Waals surface area (Å²) >= 11 is -1.38. The Kier molecular flexibility index (Phi) is 4.98. The quantitative estimate of drug-likeness (QED) is 0.654. The zero-order valence-corrected chi connectivity index (χ0v) is 15.6. The van der Waals surface area contributed by atoms with Crippen molar-refractivity contribution in [1.82, 2.24) is 14.0 Å². The first-order valence-corrected chi connectivity index (χ1v) is 9.76. The molecule has 0 radical (unpaired) electrons. The van der Waals surface area contributed by atoms with Crippen molar-refractivity contribution < 1.29 is 27.5 Å². The number of ether oxygens (including phenoxy) is 1. The van der Waals surface area contributed by atoms with E-state index in [9.17, 15) is 22.8 Å². The van der Waals surface area contributed by atoms with Gasteiger partial charge in [-0.25, -0.2) is 0 Å². The van der Waals surface area contributed by atoms with E-state index in [2.05, 4.69) is 15.2 Å². The molecule has 1 fully saturated rings. The zero-order chi connectivity index (χ0) is 18.9. The van der Waals surface area contributed by atoms with Crippen molar-refractivity contribution in [2.75, 3.05) is 6.54 Å². The normalized spacial score (nSPS) is 16.6. The molecular weight excluding hydrogens is 416 g/mol. The molecule has 1 aliphatic carbocycles. The average molecular weight is 432 g/mol. The molecular formula is C15H16AsF3N4O3. The van der Waals surface area contributed by atoms with Gasteiger partial charge in [-0.05, 0) is 0 Å². The van der Waals surface area contributed by atoms with Gasteiger partial charge < -0.3 is 0 Å². The predicted octanol–water partition coefficient (Wildman–Crippen LogP) is 0.659. The summed E-state index contributed by atoms with van der Waals surface area (Å²) in [4.78, 5) is 23.9. The molecule has 1 aromatic heterocycles. The standard InChI is InChI=1S/C15H16AsF3N4O3/c17-15(18,19)26-10-3-2-9-8-23(22-11(9)6-10)16-12(24)7-21-13(25)14(20)4-1-5-14/h2-3,6,8,16H,1,4-5,7,20H2,(H,21,25). The number of nitrogens with zero attached hydrogens (tertiary/aromatic N) is 2. The summed E-state index contributed by atoms with van der Waals surface area (Å²) in [6.45, 7) is -0.129. The van der Waals surface area contributed by atoms with Crippen LogP contribution in [0.1, 0.15) is 19.3 Å². The number of hydrogen-bond acceptors (Lipinski definition) is 5. The van der Waals surface area contributed by atoms with Crippen molar-refractivity contribution in [3.8, 4) is 5.75 Å². The maximum atomic E-state index is 12.3. The third-order valence-corrected chi connectivity index (χ3v) is 5.91. The average Bonchev–Trinajstić information content (AvgIpc) is 2.90. The number of fused-ring (bicyclic) bond motifs is 1. The number of aromatic nitrogens is 2. The van der Waals surface area contributed by atoms with Crippen LogP contribution in [-0.2, 0) is 9.59 Å². The topological polar surface area (TPSA) is 99.2 Å². The van der Waals surface area contributed by atoms with Crippen LogP contribution in [0.4, 0.5) is 13.2 Å². The summed E-state index contributed by atoms with van der Waals surface area (Å²) in [5.74, 6) is -0.703. The number of alkyl halides is 3. The van der Waals surface area contributed by atoms with Gasteiger partial charge in [0.25, 0.3) is 0 Å². The molecule has 0 spiro atoms. The van der Waals surface area contributed by atoms with Crippen LogP contribution in [0.25, 0.3) is 10.9 Å². The van der Waals surface area contributed by atoms with Crippen molar-refractivity contribution in [2.45, 2.75) is 31.2 Å². The van der Waals surface area contributed by atoms with E-state index in [-0.39, 0.29) is 22.8 Å². The van der Waals surface area contributed by atoms with Crippen LogP contribution in [0.5, 0.6) is 5.75 Å². The number of amides is 1. The Balaban J connectivity index is 1.59. The van der Waals surface area contributed by atoms with Gasteiger partial charge in [-0.15, -0.1) is 0 Å². The molecule has 7 nitrogen and oxygen atoms in total. The number of rotatable bonds is 6. The minimum absolute atomic E-state index is 0.129. The first kappa shape index (κ1) is 18.7. The molecule has 1 heterocycles. The Hall–Kier alpha value is -2.06. The molecule has 140 valence electrons. The van der Waals surface area contributed by atoms with Crippen molar-refractivity contribution in [1.29, 1.82) is 0 Å². The van der Waals surface area contributed by atoms with E-state index < -0.39 is 27.9 Å². The number of carbonyl (C=O) groups excluding carboxylic acids is 2. The first-order chi connectivity index (χ1) is 12.1. The second-order valence-corrected chi connectivity index (χ2v) is 8.67. The van der Waals surface area contributed by atoms with Gasteiger partial charge in [0.1, 0.15) is 0 Å². The van der Waals surface area contributed by atoms with E-state index in [4.69, 9.17) is 5.73 Å². The third kappa shape index (κ3) is 4.37.